The second kappa shape index (κ2) is 4.41. The molecule has 0 atom stereocenters. The molecule has 0 bridgehead atoms. The van der Waals surface area contributed by atoms with Crippen molar-refractivity contribution < 1.29 is 0 Å². The van der Waals surface area contributed by atoms with Crippen LogP contribution in [0.2, 0.25) is 0 Å². The van der Waals surface area contributed by atoms with Gasteiger partial charge < -0.3 is 10.7 Å². The van der Waals surface area contributed by atoms with Gasteiger partial charge >= 0.3 is 0 Å². The van der Waals surface area contributed by atoms with Crippen LogP contribution in [0.15, 0.2) is 35.1 Å². The number of hydrogen-bond acceptors (Lipinski definition) is 3. The Kier molecular flexibility index (Phi) is 2.95. The lowest BCUT2D eigenvalue weighted by Crippen LogP contribution is -2.11. The summed E-state index contributed by atoms with van der Waals surface area (Å²) >= 11 is 0. The van der Waals surface area contributed by atoms with Crippen molar-refractivity contribution >= 4 is 5.69 Å². The molecule has 1 aromatic carbocycles. The molecule has 17 heavy (non-hydrogen) atoms. The zero-order valence-electron chi connectivity index (χ0n) is 9.90. The van der Waals surface area contributed by atoms with Gasteiger partial charge in [-0.3, -0.25) is 4.79 Å². The van der Waals surface area contributed by atoms with Crippen LogP contribution in [0, 0.1) is 0 Å². The summed E-state index contributed by atoms with van der Waals surface area (Å²) < 4.78 is 0. The van der Waals surface area contributed by atoms with Crippen LogP contribution in [-0.4, -0.2) is 9.97 Å². The third-order valence-corrected chi connectivity index (χ3v) is 2.54. The fourth-order valence-corrected chi connectivity index (χ4v) is 1.55. The smallest absolute Gasteiger partial charge is 0.251 e. The van der Waals surface area contributed by atoms with Crippen molar-refractivity contribution in [3.05, 3.63) is 46.4 Å². The van der Waals surface area contributed by atoms with Crippen LogP contribution in [0.4, 0.5) is 5.69 Å². The monoisotopic (exact) mass is 229 g/mol. The summed E-state index contributed by atoms with van der Waals surface area (Å²) in [6, 6.07) is 8.80. The number of aromatic amines is 1. The van der Waals surface area contributed by atoms with Crippen molar-refractivity contribution in [2.45, 2.75) is 19.8 Å². The van der Waals surface area contributed by atoms with E-state index in [2.05, 4.69) is 9.97 Å². The van der Waals surface area contributed by atoms with E-state index in [0.29, 0.717) is 11.5 Å². The van der Waals surface area contributed by atoms with Crippen LogP contribution < -0.4 is 11.3 Å². The van der Waals surface area contributed by atoms with Gasteiger partial charge in [-0.05, 0) is 30.2 Å². The highest BCUT2D eigenvalue weighted by Gasteiger charge is 2.06. The van der Waals surface area contributed by atoms with Gasteiger partial charge in [-0.25, -0.2) is 4.98 Å². The van der Waals surface area contributed by atoms with Crippen molar-refractivity contribution in [1.82, 2.24) is 9.97 Å². The minimum atomic E-state index is -0.129. The van der Waals surface area contributed by atoms with Gasteiger partial charge in [0.1, 0.15) is 5.82 Å². The number of nitrogens with one attached hydrogen (secondary N) is 1. The number of H-pyrrole nitrogens is 1. The average Bonchev–Trinajstić information content (AvgIpc) is 2.29. The van der Waals surface area contributed by atoms with E-state index in [-0.39, 0.29) is 11.5 Å². The highest BCUT2D eigenvalue weighted by atomic mass is 16.1. The standard InChI is InChI=1S/C13H15N3O/c1-8(2)11-7-12(17)16-13(15-11)9-3-5-10(14)6-4-9/h3-8H,14H2,1-2H3,(H,15,16,17). The number of rotatable bonds is 2. The minimum Gasteiger partial charge on any atom is -0.399 e. The second-order valence-electron chi connectivity index (χ2n) is 4.30. The fraction of sp³-hybridized carbons (Fsp3) is 0.231. The maximum absolute atomic E-state index is 11.5. The number of nitrogen functional groups attached to an aromatic ring is 1. The van der Waals surface area contributed by atoms with Crippen LogP contribution in [0.1, 0.15) is 25.5 Å². The number of aromatic nitrogens is 2. The van der Waals surface area contributed by atoms with Gasteiger partial charge in [-0.1, -0.05) is 13.8 Å². The van der Waals surface area contributed by atoms with Crippen LogP contribution >= 0.6 is 0 Å². The first-order valence-corrected chi connectivity index (χ1v) is 5.53. The number of hydrogen-bond donors (Lipinski definition) is 2. The fourth-order valence-electron chi connectivity index (χ4n) is 1.55. The van der Waals surface area contributed by atoms with E-state index in [1.54, 1.807) is 12.1 Å². The van der Waals surface area contributed by atoms with Crippen molar-refractivity contribution in [2.24, 2.45) is 0 Å². The van der Waals surface area contributed by atoms with Crippen molar-refractivity contribution in [1.29, 1.82) is 0 Å². The summed E-state index contributed by atoms with van der Waals surface area (Å²) in [6.07, 6.45) is 0. The lowest BCUT2D eigenvalue weighted by molar-refractivity contribution is 0.812. The van der Waals surface area contributed by atoms with Gasteiger partial charge in [0.2, 0.25) is 0 Å². The van der Waals surface area contributed by atoms with Crippen LogP contribution in [0.25, 0.3) is 11.4 Å². The first-order valence-electron chi connectivity index (χ1n) is 5.53. The number of nitrogens with zero attached hydrogens (tertiary/aromatic N) is 1. The lowest BCUT2D eigenvalue weighted by Gasteiger charge is -2.07. The quantitative estimate of drug-likeness (QED) is 0.775. The summed E-state index contributed by atoms with van der Waals surface area (Å²) in [4.78, 5) is 18.7. The SMILES string of the molecule is CC(C)c1cc(=O)[nH]c(-c2ccc(N)cc2)n1. The Labute approximate surface area is 99.5 Å². The lowest BCUT2D eigenvalue weighted by atomic mass is 10.1. The Balaban J connectivity index is 2.52. The maximum Gasteiger partial charge on any atom is 0.251 e. The Hall–Kier alpha value is -2.10. The molecule has 0 saturated heterocycles. The highest BCUT2D eigenvalue weighted by molar-refractivity contribution is 5.58. The van der Waals surface area contributed by atoms with Gasteiger partial charge in [-0.15, -0.1) is 0 Å². The largest absolute Gasteiger partial charge is 0.399 e. The molecular formula is C13H15N3O. The maximum atomic E-state index is 11.5. The van der Waals surface area contributed by atoms with E-state index in [9.17, 15) is 4.79 Å². The molecule has 0 spiro atoms. The van der Waals surface area contributed by atoms with Crippen molar-refractivity contribution in [3.63, 3.8) is 0 Å². The first-order chi connectivity index (χ1) is 8.06. The Morgan fingerprint density at radius 1 is 1.24 bits per heavy atom. The molecule has 88 valence electrons. The second-order valence-corrected chi connectivity index (χ2v) is 4.30. The molecule has 0 saturated carbocycles. The third-order valence-electron chi connectivity index (χ3n) is 2.54. The summed E-state index contributed by atoms with van der Waals surface area (Å²) in [7, 11) is 0. The zero-order chi connectivity index (χ0) is 12.4. The molecule has 0 unspecified atom stereocenters. The van der Waals surface area contributed by atoms with Crippen molar-refractivity contribution in [3.8, 4) is 11.4 Å². The molecule has 0 fully saturated rings. The Bertz CT molecular complexity index is 570. The summed E-state index contributed by atoms with van der Waals surface area (Å²) in [5, 5.41) is 0. The predicted octanol–water partition coefficient (Wildman–Crippen LogP) is 2.14. The van der Waals surface area contributed by atoms with Gasteiger partial charge in [0, 0.05) is 17.3 Å². The van der Waals surface area contributed by atoms with Gasteiger partial charge in [-0.2, -0.15) is 0 Å². The van der Waals surface area contributed by atoms with Crippen LogP contribution in [-0.2, 0) is 0 Å². The summed E-state index contributed by atoms with van der Waals surface area (Å²) in [5.74, 6) is 0.811. The van der Waals surface area contributed by atoms with Crippen LogP contribution in [0.3, 0.4) is 0 Å². The highest BCUT2D eigenvalue weighted by Crippen LogP contribution is 2.17. The van der Waals surface area contributed by atoms with Gasteiger partial charge in [0.15, 0.2) is 0 Å². The van der Waals surface area contributed by atoms with Crippen molar-refractivity contribution in [2.75, 3.05) is 5.73 Å². The topological polar surface area (TPSA) is 71.8 Å². The molecule has 0 aliphatic carbocycles. The molecule has 1 aromatic heterocycles. The van der Waals surface area contributed by atoms with E-state index < -0.39 is 0 Å². The zero-order valence-corrected chi connectivity index (χ0v) is 9.90. The third kappa shape index (κ3) is 2.53. The van der Waals surface area contributed by atoms with Gasteiger partial charge in [0.25, 0.3) is 5.56 Å². The number of benzene rings is 1. The molecule has 3 N–H and O–H groups in total. The number of nitrogens with two attached hydrogens (primary N) is 1. The molecule has 1 heterocycles. The Morgan fingerprint density at radius 3 is 2.47 bits per heavy atom. The average molecular weight is 229 g/mol. The molecule has 0 aliphatic rings. The molecule has 2 rings (SSSR count). The van der Waals surface area contributed by atoms with E-state index in [4.69, 9.17) is 5.73 Å². The number of anilines is 1. The molecule has 0 aliphatic heterocycles. The van der Waals surface area contributed by atoms with Crippen LogP contribution in [0.5, 0.6) is 0 Å². The first kappa shape index (κ1) is 11.4. The normalized spacial score (nSPS) is 10.8. The Morgan fingerprint density at radius 2 is 1.88 bits per heavy atom. The predicted molar refractivity (Wildman–Crippen MR) is 68.8 cm³/mol. The van der Waals surface area contributed by atoms with E-state index in [1.165, 1.54) is 6.07 Å². The molecule has 0 radical (unpaired) electrons. The van der Waals surface area contributed by atoms with E-state index in [0.717, 1.165) is 11.3 Å². The van der Waals surface area contributed by atoms with E-state index in [1.807, 2.05) is 26.0 Å². The summed E-state index contributed by atoms with van der Waals surface area (Å²) in [5.41, 5.74) is 7.83. The van der Waals surface area contributed by atoms with E-state index >= 15 is 0 Å². The molecule has 4 nitrogen and oxygen atoms in total. The molecule has 4 heteroatoms. The minimum absolute atomic E-state index is 0.129. The molecule has 0 amide bonds. The summed E-state index contributed by atoms with van der Waals surface area (Å²) in [6.45, 7) is 4.02. The molecular weight excluding hydrogens is 214 g/mol. The molecule has 2 aromatic rings. The van der Waals surface area contributed by atoms with Gasteiger partial charge in [0.05, 0.1) is 5.69 Å².